The Balaban J connectivity index is 2.37. The van der Waals surface area contributed by atoms with Crippen LogP contribution in [0.4, 0.5) is 0 Å². The van der Waals surface area contributed by atoms with E-state index in [1.165, 1.54) is 5.56 Å². The van der Waals surface area contributed by atoms with E-state index in [1.807, 2.05) is 40.0 Å². The van der Waals surface area contributed by atoms with E-state index in [9.17, 15) is 4.79 Å². The maximum atomic E-state index is 12.2. The van der Waals surface area contributed by atoms with Crippen molar-refractivity contribution >= 4 is 5.78 Å². The summed E-state index contributed by atoms with van der Waals surface area (Å²) in [6.45, 7) is 18.8. The van der Waals surface area contributed by atoms with Crippen molar-refractivity contribution in [1.29, 1.82) is 0 Å². The molecule has 0 amide bonds. The summed E-state index contributed by atoms with van der Waals surface area (Å²) < 4.78 is 11.9. The van der Waals surface area contributed by atoms with Gasteiger partial charge in [-0.25, -0.2) is 4.98 Å². The average Bonchev–Trinajstić information content (AvgIpc) is 3.19. The molecule has 2 aromatic rings. The lowest BCUT2D eigenvalue weighted by Crippen LogP contribution is -2.28. The van der Waals surface area contributed by atoms with Gasteiger partial charge in [0.25, 0.3) is 0 Å². The molecule has 1 aromatic heterocycles. The van der Waals surface area contributed by atoms with Crippen LogP contribution in [-0.4, -0.2) is 17.4 Å². The minimum atomic E-state index is -0.400. The van der Waals surface area contributed by atoms with Gasteiger partial charge in [-0.2, -0.15) is 0 Å². The van der Waals surface area contributed by atoms with Gasteiger partial charge in [0.15, 0.2) is 5.78 Å². The Morgan fingerprint density at radius 2 is 1.67 bits per heavy atom. The van der Waals surface area contributed by atoms with Crippen molar-refractivity contribution in [2.24, 2.45) is 5.41 Å². The number of hydrogen-bond donors (Lipinski definition) is 0. The third-order valence-corrected chi connectivity index (χ3v) is 6.62. The monoisotopic (exact) mass is 413 g/mol. The lowest BCUT2D eigenvalue weighted by Gasteiger charge is -2.30. The molecule has 1 aromatic carbocycles. The van der Waals surface area contributed by atoms with Gasteiger partial charge in [-0.15, -0.1) is 0 Å². The highest BCUT2D eigenvalue weighted by Crippen LogP contribution is 2.41. The van der Waals surface area contributed by atoms with Crippen molar-refractivity contribution in [3.63, 3.8) is 0 Å². The Morgan fingerprint density at radius 3 is 2.17 bits per heavy atom. The number of nitrogens with zero attached hydrogens (tertiary/aromatic N) is 1. The normalized spacial score (nSPS) is 12.8. The van der Waals surface area contributed by atoms with Gasteiger partial charge in [0, 0.05) is 10.8 Å². The molecular formula is C26H39NO3. The molecule has 0 N–H and O–H groups in total. The zero-order valence-corrected chi connectivity index (χ0v) is 20.3. The summed E-state index contributed by atoms with van der Waals surface area (Å²) in [5.74, 6) is 1.62. The van der Waals surface area contributed by atoms with E-state index in [2.05, 4.69) is 46.8 Å². The van der Waals surface area contributed by atoms with E-state index < -0.39 is 5.41 Å². The van der Waals surface area contributed by atoms with Crippen LogP contribution in [0.25, 0.3) is 0 Å². The molecule has 2 rings (SSSR count). The van der Waals surface area contributed by atoms with Crippen LogP contribution < -0.4 is 4.74 Å². The minimum absolute atomic E-state index is 0.0117. The summed E-state index contributed by atoms with van der Waals surface area (Å²) in [7, 11) is 0. The fourth-order valence-electron chi connectivity index (χ4n) is 3.54. The SMILES string of the molecule is CCC(C)(C)c1coc(C(CC)(CC)c2ccc(OCC(=O)C(C)(C)C)c(C)c2)n1. The number of rotatable bonds is 9. The molecule has 0 spiro atoms. The molecule has 0 radical (unpaired) electrons. The highest BCUT2D eigenvalue weighted by Gasteiger charge is 2.37. The fraction of sp³-hybridized carbons (Fsp3) is 0.615. The summed E-state index contributed by atoms with van der Waals surface area (Å²) in [5, 5.41) is 0. The van der Waals surface area contributed by atoms with Gasteiger partial charge in [0.05, 0.1) is 11.1 Å². The fourth-order valence-corrected chi connectivity index (χ4v) is 3.54. The van der Waals surface area contributed by atoms with Gasteiger partial charge >= 0.3 is 0 Å². The Labute approximate surface area is 182 Å². The molecule has 0 saturated carbocycles. The van der Waals surface area contributed by atoms with Crippen LogP contribution in [0.3, 0.4) is 0 Å². The average molecular weight is 414 g/mol. The first kappa shape index (κ1) is 24.2. The number of carbonyl (C=O) groups is 1. The molecule has 0 aliphatic carbocycles. The van der Waals surface area contributed by atoms with Gasteiger partial charge in [-0.05, 0) is 43.4 Å². The number of hydrogen-bond acceptors (Lipinski definition) is 4. The van der Waals surface area contributed by atoms with Crippen LogP contribution in [0, 0.1) is 12.3 Å². The molecule has 0 unspecified atom stereocenters. The molecule has 0 aliphatic rings. The quantitative estimate of drug-likeness (QED) is 0.455. The van der Waals surface area contributed by atoms with Gasteiger partial charge in [-0.3, -0.25) is 4.79 Å². The van der Waals surface area contributed by atoms with Gasteiger partial charge in [0.1, 0.15) is 18.6 Å². The molecule has 0 fully saturated rings. The van der Waals surface area contributed by atoms with E-state index >= 15 is 0 Å². The van der Waals surface area contributed by atoms with Crippen molar-refractivity contribution in [2.45, 2.75) is 92.4 Å². The molecular weight excluding hydrogens is 374 g/mol. The predicted octanol–water partition coefficient (Wildman–Crippen LogP) is 6.77. The number of ether oxygens (including phenoxy) is 1. The number of aryl methyl sites for hydroxylation is 1. The minimum Gasteiger partial charge on any atom is -0.486 e. The van der Waals surface area contributed by atoms with Gasteiger partial charge in [-0.1, -0.05) is 67.5 Å². The van der Waals surface area contributed by atoms with Crippen LogP contribution in [0.2, 0.25) is 0 Å². The number of benzene rings is 1. The lowest BCUT2D eigenvalue weighted by atomic mass is 9.75. The first-order chi connectivity index (χ1) is 13.9. The first-order valence-electron chi connectivity index (χ1n) is 11.1. The van der Waals surface area contributed by atoms with Crippen LogP contribution in [-0.2, 0) is 15.6 Å². The number of aromatic nitrogens is 1. The highest BCUT2D eigenvalue weighted by molar-refractivity contribution is 5.85. The second-order valence-corrected chi connectivity index (χ2v) is 10.0. The van der Waals surface area contributed by atoms with E-state index in [0.717, 1.165) is 42.2 Å². The number of carbonyl (C=O) groups excluding carboxylic acids is 1. The standard InChI is InChI=1S/C26H39NO3/c1-10-25(8,9)21-16-30-23(27-21)26(11-2,12-3)19-13-14-20(18(4)15-19)29-17-22(28)24(5,6)7/h13-16H,10-12,17H2,1-9H3. The first-order valence-corrected chi connectivity index (χ1v) is 11.1. The molecule has 4 heteroatoms. The molecule has 30 heavy (non-hydrogen) atoms. The Kier molecular flexibility index (Phi) is 7.21. The Hall–Kier alpha value is -2.10. The molecule has 0 aliphatic heterocycles. The third kappa shape index (κ3) is 4.79. The molecule has 0 saturated heterocycles. The smallest absolute Gasteiger partial charge is 0.204 e. The summed E-state index contributed by atoms with van der Waals surface area (Å²) >= 11 is 0. The van der Waals surface area contributed by atoms with E-state index in [1.54, 1.807) is 0 Å². The second-order valence-electron chi connectivity index (χ2n) is 10.0. The van der Waals surface area contributed by atoms with Crippen molar-refractivity contribution in [3.05, 3.63) is 47.2 Å². The lowest BCUT2D eigenvalue weighted by molar-refractivity contribution is -0.128. The Morgan fingerprint density at radius 1 is 1.03 bits per heavy atom. The summed E-state index contributed by atoms with van der Waals surface area (Å²) in [4.78, 5) is 17.2. The second kappa shape index (κ2) is 8.95. The largest absolute Gasteiger partial charge is 0.486 e. The van der Waals surface area contributed by atoms with Crippen LogP contribution in [0.1, 0.15) is 97.4 Å². The van der Waals surface area contributed by atoms with E-state index in [0.29, 0.717) is 0 Å². The zero-order chi connectivity index (χ0) is 22.7. The Bertz CT molecular complexity index is 867. The highest BCUT2D eigenvalue weighted by atomic mass is 16.5. The number of ketones is 1. The number of oxazole rings is 1. The van der Waals surface area contributed by atoms with Gasteiger partial charge in [0.2, 0.25) is 5.89 Å². The predicted molar refractivity (Wildman–Crippen MR) is 122 cm³/mol. The molecule has 0 bridgehead atoms. The number of Topliss-reactive ketones (excluding diaryl/α,β-unsaturated/α-hetero) is 1. The van der Waals surface area contributed by atoms with Gasteiger partial charge < -0.3 is 9.15 Å². The van der Waals surface area contributed by atoms with Crippen molar-refractivity contribution in [1.82, 2.24) is 4.98 Å². The van der Waals surface area contributed by atoms with Crippen LogP contribution in [0.15, 0.2) is 28.9 Å². The molecule has 4 nitrogen and oxygen atoms in total. The molecule has 1 heterocycles. The molecule has 166 valence electrons. The summed E-state index contributed by atoms with van der Waals surface area (Å²) in [5.41, 5.74) is 2.49. The van der Waals surface area contributed by atoms with Crippen LogP contribution in [0.5, 0.6) is 5.75 Å². The van der Waals surface area contributed by atoms with E-state index in [4.69, 9.17) is 14.1 Å². The zero-order valence-electron chi connectivity index (χ0n) is 20.3. The summed E-state index contributed by atoms with van der Waals surface area (Å²) in [6.07, 6.45) is 4.60. The van der Waals surface area contributed by atoms with Crippen LogP contribution >= 0.6 is 0 Å². The summed E-state index contributed by atoms with van der Waals surface area (Å²) in [6, 6.07) is 6.21. The van der Waals surface area contributed by atoms with Crippen molar-refractivity contribution < 1.29 is 13.9 Å². The van der Waals surface area contributed by atoms with E-state index in [-0.39, 0.29) is 23.2 Å². The molecule has 0 atom stereocenters. The van der Waals surface area contributed by atoms with Crippen molar-refractivity contribution in [3.8, 4) is 5.75 Å². The topological polar surface area (TPSA) is 52.3 Å². The van der Waals surface area contributed by atoms with Crippen molar-refractivity contribution in [2.75, 3.05) is 6.61 Å². The maximum Gasteiger partial charge on any atom is 0.204 e. The third-order valence-electron chi connectivity index (χ3n) is 6.62. The maximum absolute atomic E-state index is 12.2.